The number of halogens is 1. The van der Waals surface area contributed by atoms with E-state index in [1.807, 2.05) is 6.07 Å². The summed E-state index contributed by atoms with van der Waals surface area (Å²) in [5, 5.41) is 9.31. The maximum absolute atomic E-state index is 8.82. The monoisotopic (exact) mass is 271 g/mol. The molecule has 0 heterocycles. The summed E-state index contributed by atoms with van der Waals surface area (Å²) in [4.78, 5) is 0. The first-order valence-electron chi connectivity index (χ1n) is 6.94. The molecule has 0 atom stereocenters. The summed E-state index contributed by atoms with van der Waals surface area (Å²) in [5.74, 6) is 7.98. The molecule has 1 nitrogen and oxygen atoms in total. The van der Waals surface area contributed by atoms with Gasteiger partial charge in [0.15, 0.2) is 0 Å². The van der Waals surface area contributed by atoms with E-state index >= 15 is 0 Å². The minimum absolute atomic E-state index is 0.490. The van der Waals surface area contributed by atoms with Crippen LogP contribution in [0.1, 0.15) is 50.2 Å². The van der Waals surface area contributed by atoms with Crippen molar-refractivity contribution in [1.82, 2.24) is 0 Å². The Bertz CT molecular complexity index is 537. The Morgan fingerprint density at radius 2 is 2.00 bits per heavy atom. The van der Waals surface area contributed by atoms with Crippen molar-refractivity contribution in [2.24, 2.45) is 11.8 Å². The van der Waals surface area contributed by atoms with E-state index < -0.39 is 0 Å². The lowest BCUT2D eigenvalue weighted by Crippen LogP contribution is -2.12. The maximum atomic E-state index is 8.82. The number of nitrogens with zero attached hydrogens (tertiary/aromatic N) is 1. The molecule has 0 unspecified atom stereocenters. The second kappa shape index (κ2) is 6.65. The topological polar surface area (TPSA) is 23.8 Å². The largest absolute Gasteiger partial charge is 0.192 e. The third-order valence-electron chi connectivity index (χ3n) is 3.93. The summed E-state index contributed by atoms with van der Waals surface area (Å²) in [6.45, 7) is 2.27. The molecule has 0 aliphatic heterocycles. The van der Waals surface area contributed by atoms with E-state index in [0.29, 0.717) is 16.5 Å². The second-order valence-electron chi connectivity index (χ2n) is 5.20. The van der Waals surface area contributed by atoms with Gasteiger partial charge >= 0.3 is 0 Å². The van der Waals surface area contributed by atoms with Gasteiger partial charge in [-0.15, -0.1) is 0 Å². The van der Waals surface area contributed by atoms with E-state index in [9.17, 15) is 0 Å². The summed E-state index contributed by atoms with van der Waals surface area (Å²) < 4.78 is 0. The highest BCUT2D eigenvalue weighted by Crippen LogP contribution is 2.30. The molecule has 0 bridgehead atoms. The molecule has 2 rings (SSSR count). The van der Waals surface area contributed by atoms with Gasteiger partial charge in [0.25, 0.3) is 0 Å². The van der Waals surface area contributed by atoms with Gasteiger partial charge in [-0.1, -0.05) is 36.8 Å². The van der Waals surface area contributed by atoms with Crippen LogP contribution in [-0.2, 0) is 0 Å². The van der Waals surface area contributed by atoms with E-state index in [1.54, 1.807) is 12.1 Å². The summed E-state index contributed by atoms with van der Waals surface area (Å²) in [7, 11) is 0. The van der Waals surface area contributed by atoms with E-state index in [0.717, 1.165) is 11.5 Å². The van der Waals surface area contributed by atoms with Gasteiger partial charge in [0, 0.05) is 11.5 Å². The summed E-state index contributed by atoms with van der Waals surface area (Å²) in [6, 6.07) is 7.45. The molecule has 2 heteroatoms. The van der Waals surface area contributed by atoms with Gasteiger partial charge in [0.05, 0.1) is 10.6 Å². The Balaban J connectivity index is 2.01. The molecule has 1 aliphatic rings. The summed E-state index contributed by atoms with van der Waals surface area (Å²) in [6.07, 6.45) is 6.35. The summed E-state index contributed by atoms with van der Waals surface area (Å²) >= 11 is 6.00. The number of benzene rings is 1. The first-order valence-corrected chi connectivity index (χ1v) is 7.32. The van der Waals surface area contributed by atoms with Gasteiger partial charge in [-0.05, 0) is 49.8 Å². The molecule has 1 aromatic carbocycles. The highest BCUT2D eigenvalue weighted by atomic mass is 35.5. The predicted molar refractivity (Wildman–Crippen MR) is 78.8 cm³/mol. The first-order chi connectivity index (χ1) is 9.22. The molecule has 1 aromatic rings. The van der Waals surface area contributed by atoms with Gasteiger partial charge < -0.3 is 0 Å². The van der Waals surface area contributed by atoms with Crippen LogP contribution in [0, 0.1) is 35.0 Å². The number of nitriles is 1. The molecule has 0 saturated heterocycles. The average Bonchev–Trinajstić information content (AvgIpc) is 2.46. The van der Waals surface area contributed by atoms with Crippen molar-refractivity contribution >= 4 is 11.6 Å². The highest BCUT2D eigenvalue weighted by Gasteiger charge is 2.17. The van der Waals surface area contributed by atoms with Crippen molar-refractivity contribution < 1.29 is 0 Å². The van der Waals surface area contributed by atoms with Crippen LogP contribution in [0.3, 0.4) is 0 Å². The molecule has 0 amide bonds. The molecule has 0 aromatic heterocycles. The van der Waals surface area contributed by atoms with E-state index in [4.69, 9.17) is 16.9 Å². The Morgan fingerprint density at radius 3 is 2.58 bits per heavy atom. The lowest BCUT2D eigenvalue weighted by atomic mass is 9.81. The van der Waals surface area contributed by atoms with Crippen molar-refractivity contribution in [3.05, 3.63) is 34.3 Å². The second-order valence-corrected chi connectivity index (χ2v) is 5.61. The molecular formula is C17H18ClN. The SMILES string of the molecule is CCC1CCC(C#Cc2ccc(C#N)c(Cl)c2)CC1. The zero-order chi connectivity index (χ0) is 13.7. The van der Waals surface area contributed by atoms with Gasteiger partial charge in [-0.2, -0.15) is 5.26 Å². The smallest absolute Gasteiger partial charge is 0.101 e. The Morgan fingerprint density at radius 1 is 1.26 bits per heavy atom. The minimum atomic E-state index is 0.490. The van der Waals surface area contributed by atoms with Gasteiger partial charge in [-0.3, -0.25) is 0 Å². The van der Waals surface area contributed by atoms with E-state index in [1.165, 1.54) is 32.1 Å². The molecule has 98 valence electrons. The predicted octanol–water partition coefficient (Wildman–Crippen LogP) is 4.78. The molecule has 1 aliphatic carbocycles. The molecule has 0 spiro atoms. The molecule has 19 heavy (non-hydrogen) atoms. The Hall–Kier alpha value is -1.44. The molecule has 0 N–H and O–H groups in total. The molecule has 1 saturated carbocycles. The zero-order valence-electron chi connectivity index (χ0n) is 11.2. The fourth-order valence-corrected chi connectivity index (χ4v) is 2.81. The van der Waals surface area contributed by atoms with Crippen molar-refractivity contribution in [3.8, 4) is 17.9 Å². The Labute approximate surface area is 120 Å². The number of hydrogen-bond donors (Lipinski definition) is 0. The lowest BCUT2D eigenvalue weighted by Gasteiger charge is -2.24. The third-order valence-corrected chi connectivity index (χ3v) is 4.25. The minimum Gasteiger partial charge on any atom is -0.192 e. The maximum Gasteiger partial charge on any atom is 0.101 e. The van der Waals surface area contributed by atoms with Crippen LogP contribution in [0.2, 0.25) is 5.02 Å². The fraction of sp³-hybridized carbons (Fsp3) is 0.471. The Kier molecular flexibility index (Phi) is 4.89. The van der Waals surface area contributed by atoms with Crippen LogP contribution >= 0.6 is 11.6 Å². The lowest BCUT2D eigenvalue weighted by molar-refractivity contribution is 0.309. The van der Waals surface area contributed by atoms with Crippen LogP contribution < -0.4 is 0 Å². The van der Waals surface area contributed by atoms with Gasteiger partial charge in [0.2, 0.25) is 0 Å². The van der Waals surface area contributed by atoms with Crippen molar-refractivity contribution in [3.63, 3.8) is 0 Å². The first kappa shape index (κ1) is 14.0. The average molecular weight is 272 g/mol. The van der Waals surface area contributed by atoms with Crippen LogP contribution in [0.15, 0.2) is 18.2 Å². The third kappa shape index (κ3) is 3.76. The van der Waals surface area contributed by atoms with E-state index in [-0.39, 0.29) is 0 Å². The quantitative estimate of drug-likeness (QED) is 0.675. The zero-order valence-corrected chi connectivity index (χ0v) is 12.0. The van der Waals surface area contributed by atoms with Crippen LogP contribution in [-0.4, -0.2) is 0 Å². The van der Waals surface area contributed by atoms with Crippen LogP contribution in [0.5, 0.6) is 0 Å². The number of hydrogen-bond acceptors (Lipinski definition) is 1. The van der Waals surface area contributed by atoms with Gasteiger partial charge in [0.1, 0.15) is 6.07 Å². The molecule has 1 fully saturated rings. The van der Waals surface area contributed by atoms with Crippen LogP contribution in [0.25, 0.3) is 0 Å². The number of rotatable bonds is 1. The van der Waals surface area contributed by atoms with Crippen molar-refractivity contribution in [2.45, 2.75) is 39.0 Å². The van der Waals surface area contributed by atoms with Crippen LogP contribution in [0.4, 0.5) is 0 Å². The van der Waals surface area contributed by atoms with Gasteiger partial charge in [-0.25, -0.2) is 0 Å². The normalized spacial score (nSPS) is 22.2. The fourth-order valence-electron chi connectivity index (χ4n) is 2.58. The summed E-state index contributed by atoms with van der Waals surface area (Å²) in [5.41, 5.74) is 1.41. The van der Waals surface area contributed by atoms with E-state index in [2.05, 4.69) is 24.8 Å². The van der Waals surface area contributed by atoms with Crippen molar-refractivity contribution in [2.75, 3.05) is 0 Å². The highest BCUT2D eigenvalue weighted by molar-refractivity contribution is 6.31. The molecule has 0 radical (unpaired) electrons. The van der Waals surface area contributed by atoms with Crippen molar-refractivity contribution in [1.29, 1.82) is 5.26 Å². The standard InChI is InChI=1S/C17H18ClN/c1-2-13-3-5-14(6-4-13)7-8-15-9-10-16(12-19)17(18)11-15/h9-11,13-14H,2-6H2,1H3. The molecular weight excluding hydrogens is 254 g/mol.